The number of ether oxygens (including phenoxy) is 3. The third-order valence-electron chi connectivity index (χ3n) is 6.30. The summed E-state index contributed by atoms with van der Waals surface area (Å²) in [6.07, 6.45) is 1.42. The van der Waals surface area contributed by atoms with E-state index in [0.717, 1.165) is 21.2 Å². The number of fused-ring (bicyclic) bond motifs is 1. The number of carbonyl (C=O) groups excluding carboxylic acids is 3. The molecule has 4 amide bonds. The molecule has 8 nitrogen and oxygen atoms in total. The lowest BCUT2D eigenvalue weighted by molar-refractivity contribution is -0.122. The maximum absolute atomic E-state index is 13.8. The lowest BCUT2D eigenvalue weighted by Gasteiger charge is -2.28. The van der Waals surface area contributed by atoms with Gasteiger partial charge in [0.1, 0.15) is 29.4 Å². The third kappa shape index (κ3) is 5.19. The van der Waals surface area contributed by atoms with Crippen LogP contribution < -0.4 is 24.4 Å². The van der Waals surface area contributed by atoms with E-state index in [4.69, 9.17) is 37.4 Å². The number of methoxy groups -OCH3 is 2. The number of imide groups is 2. The molecule has 0 aromatic heterocycles. The summed E-state index contributed by atoms with van der Waals surface area (Å²) >= 11 is 12.3. The maximum atomic E-state index is 13.8. The van der Waals surface area contributed by atoms with E-state index >= 15 is 0 Å². The molecule has 1 heterocycles. The fourth-order valence-corrected chi connectivity index (χ4v) is 4.82. The van der Waals surface area contributed by atoms with Gasteiger partial charge in [0.2, 0.25) is 0 Å². The van der Waals surface area contributed by atoms with Gasteiger partial charge in [-0.05, 0) is 40.6 Å². The SMILES string of the molecule is COc1cc(N2C(=O)NC(=O)/C(=C\c3c(OCc4cccc(Cl)c4)ccc4ccccc34)C2=O)c(OC)cc1Cl. The lowest BCUT2D eigenvalue weighted by Crippen LogP contribution is -2.54. The molecule has 10 heteroatoms. The Kier molecular flexibility index (Phi) is 7.64. The number of nitrogens with zero attached hydrogens (tertiary/aromatic N) is 1. The average molecular weight is 577 g/mol. The highest BCUT2D eigenvalue weighted by atomic mass is 35.5. The molecule has 1 aliphatic heterocycles. The molecule has 1 saturated heterocycles. The summed E-state index contributed by atoms with van der Waals surface area (Å²) in [5.41, 5.74) is 1.11. The van der Waals surface area contributed by atoms with Crippen LogP contribution in [-0.4, -0.2) is 32.1 Å². The summed E-state index contributed by atoms with van der Waals surface area (Å²) in [5.74, 6) is -0.920. The van der Waals surface area contributed by atoms with Gasteiger partial charge in [0.15, 0.2) is 0 Å². The number of hydrogen-bond acceptors (Lipinski definition) is 6. The lowest BCUT2D eigenvalue weighted by atomic mass is 9.99. The van der Waals surface area contributed by atoms with Crippen LogP contribution in [0.3, 0.4) is 0 Å². The number of amides is 4. The summed E-state index contributed by atoms with van der Waals surface area (Å²) in [4.78, 5) is 40.5. The van der Waals surface area contributed by atoms with Crippen molar-refractivity contribution in [1.82, 2.24) is 5.32 Å². The maximum Gasteiger partial charge on any atom is 0.336 e. The fraction of sp³-hybridized carbons (Fsp3) is 0.100. The van der Waals surface area contributed by atoms with E-state index in [1.54, 1.807) is 18.2 Å². The minimum Gasteiger partial charge on any atom is -0.495 e. The highest BCUT2D eigenvalue weighted by molar-refractivity contribution is 6.40. The van der Waals surface area contributed by atoms with Crippen LogP contribution in [-0.2, 0) is 16.2 Å². The molecule has 0 saturated carbocycles. The Morgan fingerprint density at radius 2 is 1.62 bits per heavy atom. The van der Waals surface area contributed by atoms with Crippen molar-refractivity contribution in [2.45, 2.75) is 6.61 Å². The Morgan fingerprint density at radius 3 is 2.38 bits per heavy atom. The van der Waals surface area contributed by atoms with Gasteiger partial charge in [-0.1, -0.05) is 65.7 Å². The highest BCUT2D eigenvalue weighted by Crippen LogP contribution is 2.40. The van der Waals surface area contributed by atoms with Crippen LogP contribution in [0.5, 0.6) is 17.2 Å². The first-order valence-electron chi connectivity index (χ1n) is 12.0. The largest absolute Gasteiger partial charge is 0.495 e. The average Bonchev–Trinajstić information content (AvgIpc) is 2.94. The topological polar surface area (TPSA) is 94.2 Å². The Balaban J connectivity index is 1.61. The summed E-state index contributed by atoms with van der Waals surface area (Å²) in [6, 6.07) is 20.3. The van der Waals surface area contributed by atoms with Crippen molar-refractivity contribution in [1.29, 1.82) is 0 Å². The number of halogens is 2. The van der Waals surface area contributed by atoms with Gasteiger partial charge in [0.25, 0.3) is 11.8 Å². The summed E-state index contributed by atoms with van der Waals surface area (Å²) in [6.45, 7) is 0.196. The predicted molar refractivity (Wildman–Crippen MR) is 153 cm³/mol. The molecular weight excluding hydrogens is 555 g/mol. The molecule has 0 radical (unpaired) electrons. The van der Waals surface area contributed by atoms with E-state index in [-0.39, 0.29) is 34.4 Å². The van der Waals surface area contributed by atoms with Gasteiger partial charge in [0, 0.05) is 22.7 Å². The zero-order valence-electron chi connectivity index (χ0n) is 21.4. The number of anilines is 1. The third-order valence-corrected chi connectivity index (χ3v) is 6.83. The van der Waals surface area contributed by atoms with E-state index in [2.05, 4.69) is 5.32 Å². The monoisotopic (exact) mass is 576 g/mol. The van der Waals surface area contributed by atoms with Gasteiger partial charge in [-0.3, -0.25) is 14.9 Å². The zero-order chi connectivity index (χ0) is 28.4. The van der Waals surface area contributed by atoms with Crippen LogP contribution in [0.2, 0.25) is 10.0 Å². The number of carbonyl (C=O) groups is 3. The Labute approximate surface area is 239 Å². The predicted octanol–water partition coefficient (Wildman–Crippen LogP) is 6.41. The fourth-order valence-electron chi connectivity index (χ4n) is 4.38. The molecule has 202 valence electrons. The number of hydrogen-bond donors (Lipinski definition) is 1. The zero-order valence-corrected chi connectivity index (χ0v) is 22.9. The van der Waals surface area contributed by atoms with Gasteiger partial charge < -0.3 is 14.2 Å². The Hall–Kier alpha value is -4.53. The smallest absolute Gasteiger partial charge is 0.336 e. The van der Waals surface area contributed by atoms with Crippen LogP contribution in [0.4, 0.5) is 10.5 Å². The quantitative estimate of drug-likeness (QED) is 0.202. The van der Waals surface area contributed by atoms with Crippen LogP contribution >= 0.6 is 23.2 Å². The molecule has 1 fully saturated rings. The first-order chi connectivity index (χ1) is 19.3. The summed E-state index contributed by atoms with van der Waals surface area (Å²) < 4.78 is 16.8. The molecule has 0 atom stereocenters. The van der Waals surface area contributed by atoms with Crippen LogP contribution in [0.1, 0.15) is 11.1 Å². The second-order valence-corrected chi connectivity index (χ2v) is 9.58. The number of barbiturate groups is 1. The van der Waals surface area contributed by atoms with Crippen molar-refractivity contribution in [3.05, 3.63) is 99.5 Å². The number of rotatable bonds is 7. The minimum absolute atomic E-state index is 0.0556. The van der Waals surface area contributed by atoms with E-state index in [0.29, 0.717) is 16.3 Å². The van der Waals surface area contributed by atoms with Crippen molar-refractivity contribution in [3.63, 3.8) is 0 Å². The second-order valence-electron chi connectivity index (χ2n) is 8.73. The first-order valence-corrected chi connectivity index (χ1v) is 12.8. The van der Waals surface area contributed by atoms with Crippen molar-refractivity contribution < 1.29 is 28.6 Å². The van der Waals surface area contributed by atoms with Crippen molar-refractivity contribution in [2.75, 3.05) is 19.1 Å². The van der Waals surface area contributed by atoms with Crippen LogP contribution in [0, 0.1) is 0 Å². The number of urea groups is 1. The van der Waals surface area contributed by atoms with Gasteiger partial charge in [-0.15, -0.1) is 0 Å². The van der Waals surface area contributed by atoms with Gasteiger partial charge >= 0.3 is 6.03 Å². The van der Waals surface area contributed by atoms with Gasteiger partial charge in [-0.25, -0.2) is 9.69 Å². The van der Waals surface area contributed by atoms with E-state index < -0.39 is 17.8 Å². The van der Waals surface area contributed by atoms with Crippen LogP contribution in [0.15, 0.2) is 78.4 Å². The van der Waals surface area contributed by atoms with E-state index in [1.807, 2.05) is 42.5 Å². The Morgan fingerprint density at radius 1 is 0.850 bits per heavy atom. The molecule has 1 N–H and O–H groups in total. The molecular formula is C30H22Cl2N2O6. The number of benzene rings is 4. The number of nitrogens with one attached hydrogen (secondary N) is 1. The highest BCUT2D eigenvalue weighted by Gasteiger charge is 2.39. The molecule has 4 aromatic rings. The molecule has 4 aromatic carbocycles. The van der Waals surface area contributed by atoms with Gasteiger partial charge in [-0.2, -0.15) is 0 Å². The summed E-state index contributed by atoms with van der Waals surface area (Å²) in [5, 5.41) is 4.64. The standard InChI is InChI=1S/C30H22Cl2N2O6/c1-38-26-15-24(27(39-2)14-23(26)32)34-29(36)22(28(35)33-30(34)37)13-21-20-9-4-3-7-18(20)10-11-25(21)40-16-17-6-5-8-19(31)12-17/h3-15H,16H2,1-2H3,(H,33,35,37)/b22-13+. The molecule has 0 unspecified atom stereocenters. The van der Waals surface area contributed by atoms with Crippen molar-refractivity contribution in [3.8, 4) is 17.2 Å². The van der Waals surface area contributed by atoms with E-state index in [9.17, 15) is 14.4 Å². The molecule has 0 spiro atoms. The molecule has 5 rings (SSSR count). The molecule has 40 heavy (non-hydrogen) atoms. The summed E-state index contributed by atoms with van der Waals surface area (Å²) in [7, 11) is 2.77. The van der Waals surface area contributed by atoms with Gasteiger partial charge in [0.05, 0.1) is 24.9 Å². The first kappa shape index (κ1) is 27.1. The van der Waals surface area contributed by atoms with Crippen molar-refractivity contribution in [2.24, 2.45) is 0 Å². The van der Waals surface area contributed by atoms with Crippen molar-refractivity contribution >= 4 is 63.6 Å². The van der Waals surface area contributed by atoms with E-state index in [1.165, 1.54) is 32.4 Å². The molecule has 0 aliphatic carbocycles. The molecule has 1 aliphatic rings. The van der Waals surface area contributed by atoms with Crippen LogP contribution in [0.25, 0.3) is 16.8 Å². The molecule has 0 bridgehead atoms. The second kappa shape index (κ2) is 11.3. The minimum atomic E-state index is -0.940. The Bertz CT molecular complexity index is 1700. The normalized spacial score (nSPS) is 14.4.